The van der Waals surface area contributed by atoms with Crippen molar-refractivity contribution in [2.45, 2.75) is 46.4 Å². The third-order valence-electron chi connectivity index (χ3n) is 3.83. The van der Waals surface area contributed by atoms with E-state index >= 15 is 0 Å². The Morgan fingerprint density at radius 1 is 0.590 bits per heavy atom. The highest BCUT2D eigenvalue weighted by Gasteiger charge is 2.83. The molecule has 0 saturated heterocycles. The third kappa shape index (κ3) is 5.90. The average Bonchev–Trinajstić information content (AvgIpc) is 2.76. The molecular weight excluding hydrogens is 637 g/mol. The summed E-state index contributed by atoms with van der Waals surface area (Å²) in [6, 6.07) is 0. The number of halogens is 19. The molecule has 0 aliphatic carbocycles. The highest BCUT2D eigenvalue weighted by atomic mass is 32.2. The van der Waals surface area contributed by atoms with Gasteiger partial charge in [-0.25, -0.2) is 26.7 Å². The van der Waals surface area contributed by atoms with Gasteiger partial charge in [0.25, 0.3) is 0 Å². The van der Waals surface area contributed by atoms with Crippen LogP contribution in [-0.2, 0) is 19.0 Å². The Kier molecular flexibility index (Phi) is 9.09. The van der Waals surface area contributed by atoms with Crippen LogP contribution in [0.2, 0.25) is 0 Å². The highest BCUT2D eigenvalue weighted by Crippen LogP contribution is 2.57. The maximum Gasteiger partial charge on any atom is 0.460 e. The molecule has 0 aromatic heterocycles. The van der Waals surface area contributed by atoms with Crippen LogP contribution in [-0.4, -0.2) is 54.6 Å². The number of alkyl halides is 14. The van der Waals surface area contributed by atoms with Gasteiger partial charge in [-0.1, -0.05) is 0 Å². The second kappa shape index (κ2) is 10.2. The van der Waals surface area contributed by atoms with Crippen LogP contribution in [0.3, 0.4) is 0 Å². The van der Waals surface area contributed by atoms with E-state index in [1.165, 1.54) is 0 Å². The van der Waals surface area contributed by atoms with Gasteiger partial charge in [0.05, 0.1) is 12.0 Å². The van der Waals surface area contributed by atoms with Gasteiger partial charge in [-0.05, 0) is 11.8 Å². The lowest BCUT2D eigenvalue weighted by Gasteiger charge is -2.39. The first-order valence-corrected chi connectivity index (χ1v) is 9.20. The molecule has 4 nitrogen and oxygen atoms in total. The first-order chi connectivity index (χ1) is 17.0. The van der Waals surface area contributed by atoms with E-state index in [0.717, 1.165) is 0 Å². The fourth-order valence-electron chi connectivity index (χ4n) is 1.97. The van der Waals surface area contributed by atoms with E-state index in [1.807, 2.05) is 4.74 Å². The molecule has 0 heterocycles. The summed E-state index contributed by atoms with van der Waals surface area (Å²) in [6.07, 6.45) is -30.5. The normalized spacial score (nSPS) is 17.0. The van der Waals surface area contributed by atoms with Gasteiger partial charge in [0.2, 0.25) is 5.82 Å². The van der Waals surface area contributed by atoms with Crippen molar-refractivity contribution in [3.05, 3.63) is 29.1 Å². The number of hydrogen-bond donors (Lipinski definition) is 0. The molecule has 226 valence electrons. The zero-order valence-corrected chi connectivity index (χ0v) is 18.0. The lowest BCUT2D eigenvalue weighted by atomic mass is 10.2. The molecule has 0 fully saturated rings. The minimum absolute atomic E-state index is 0.238. The Hall–Kier alpha value is -2.37. The average molecular weight is 640 g/mol. The Morgan fingerprint density at radius 3 is 1.31 bits per heavy atom. The van der Waals surface area contributed by atoms with Gasteiger partial charge in [-0.15, -0.1) is 0 Å². The molecule has 0 radical (unpaired) electrons. The molecule has 0 saturated carbocycles. The maximum atomic E-state index is 14.2. The van der Waals surface area contributed by atoms with E-state index in [2.05, 4.69) is 4.74 Å². The molecular formula is C15H3F19O4S. The summed E-state index contributed by atoms with van der Waals surface area (Å²) in [5, 5.41) is -6.96. The van der Waals surface area contributed by atoms with E-state index in [1.54, 1.807) is 4.74 Å². The number of benzene rings is 1. The number of rotatable bonds is 9. The maximum absolute atomic E-state index is 14.2. The monoisotopic (exact) mass is 640 g/mol. The largest absolute Gasteiger partial charge is 0.465 e. The fraction of sp³-hybridized carbons (Fsp3) is 0.533. The van der Waals surface area contributed by atoms with E-state index < -0.39 is 93.2 Å². The lowest BCUT2D eigenvalue weighted by Crippen LogP contribution is -2.66. The third-order valence-corrected chi connectivity index (χ3v) is 4.88. The van der Waals surface area contributed by atoms with Gasteiger partial charge < -0.3 is 4.74 Å². The molecule has 0 bridgehead atoms. The summed E-state index contributed by atoms with van der Waals surface area (Å²) in [4.78, 5) is 7.85. The Balaban J connectivity index is 3.68. The van der Waals surface area contributed by atoms with Gasteiger partial charge in [0, 0.05) is 0 Å². The molecule has 0 aliphatic rings. The quantitative estimate of drug-likeness (QED) is 0.0966. The van der Waals surface area contributed by atoms with Crippen LogP contribution < -0.4 is 0 Å². The van der Waals surface area contributed by atoms with E-state index in [9.17, 15) is 88.2 Å². The number of carbonyl (C=O) groups excluding carboxylic acids is 1. The highest BCUT2D eigenvalue weighted by molar-refractivity contribution is 8.00. The van der Waals surface area contributed by atoms with Crippen molar-refractivity contribution in [1.82, 2.24) is 0 Å². The Morgan fingerprint density at radius 2 is 0.974 bits per heavy atom. The standard InChI is InChI=1S/C15H3F19O4S/c1-36-8(35)9(21,11(23,24)25)37-13(29,30)10(22,12(26,27)28)38-14(31,32)15(33,34)39-7-5(19)3(17)2(16)4(18)6(7)20/h1H3. The minimum Gasteiger partial charge on any atom is -0.465 e. The molecule has 2 unspecified atom stereocenters. The summed E-state index contributed by atoms with van der Waals surface area (Å²) in [7, 11) is -0.238. The van der Waals surface area contributed by atoms with Crippen LogP contribution >= 0.6 is 11.8 Å². The topological polar surface area (TPSA) is 44.8 Å². The molecule has 1 aromatic rings. The van der Waals surface area contributed by atoms with Crippen molar-refractivity contribution in [3.8, 4) is 0 Å². The summed E-state index contributed by atoms with van der Waals surface area (Å²) in [6.45, 7) is 0. The van der Waals surface area contributed by atoms with Crippen molar-refractivity contribution in [2.75, 3.05) is 7.11 Å². The molecule has 2 atom stereocenters. The van der Waals surface area contributed by atoms with Gasteiger partial charge in [0.1, 0.15) is 0 Å². The summed E-state index contributed by atoms with van der Waals surface area (Å²) in [5.74, 6) is -34.5. The molecule has 1 aromatic carbocycles. The van der Waals surface area contributed by atoms with Crippen molar-refractivity contribution in [2.24, 2.45) is 0 Å². The molecule has 0 aliphatic heterocycles. The molecule has 0 spiro atoms. The van der Waals surface area contributed by atoms with Crippen LogP contribution in [0.25, 0.3) is 0 Å². The second-order valence-corrected chi connectivity index (χ2v) is 7.56. The van der Waals surface area contributed by atoms with Gasteiger partial charge >= 0.3 is 47.5 Å². The van der Waals surface area contributed by atoms with Crippen LogP contribution in [0.5, 0.6) is 0 Å². The Bertz CT molecular complexity index is 1070. The van der Waals surface area contributed by atoms with E-state index in [-0.39, 0.29) is 7.11 Å². The SMILES string of the molecule is COC(=O)C(F)(OC(F)(F)C(F)(OC(F)(F)C(F)(F)Sc1c(F)c(F)c(F)c(F)c1F)C(F)(F)F)C(F)(F)F. The summed E-state index contributed by atoms with van der Waals surface area (Å²) < 4.78 is 261. The lowest BCUT2D eigenvalue weighted by molar-refractivity contribution is -0.533. The first-order valence-electron chi connectivity index (χ1n) is 8.38. The molecule has 39 heavy (non-hydrogen) atoms. The number of hydrogen-bond acceptors (Lipinski definition) is 5. The first kappa shape index (κ1) is 34.7. The minimum atomic E-state index is -7.99. The van der Waals surface area contributed by atoms with E-state index in [0.29, 0.717) is 0 Å². The van der Waals surface area contributed by atoms with E-state index in [4.69, 9.17) is 0 Å². The number of esters is 1. The summed E-state index contributed by atoms with van der Waals surface area (Å²) in [5.41, 5.74) is 0. The molecule has 0 N–H and O–H groups in total. The Labute approximate surface area is 203 Å². The molecule has 0 amide bonds. The van der Waals surface area contributed by atoms with Crippen LogP contribution in [0, 0.1) is 29.1 Å². The predicted octanol–water partition coefficient (Wildman–Crippen LogP) is 6.92. The van der Waals surface area contributed by atoms with Crippen molar-refractivity contribution in [3.63, 3.8) is 0 Å². The van der Waals surface area contributed by atoms with Gasteiger partial charge in [-0.3, -0.25) is 9.47 Å². The number of ether oxygens (including phenoxy) is 3. The summed E-state index contributed by atoms with van der Waals surface area (Å²) >= 11 is -2.62. The zero-order valence-electron chi connectivity index (χ0n) is 17.2. The molecule has 1 rings (SSSR count). The second-order valence-electron chi connectivity index (χ2n) is 6.43. The molecule has 24 heteroatoms. The number of carbonyl (C=O) groups is 1. The van der Waals surface area contributed by atoms with Gasteiger partial charge in [-0.2, -0.15) is 61.5 Å². The van der Waals surface area contributed by atoms with Crippen molar-refractivity contribution >= 4 is 17.7 Å². The van der Waals surface area contributed by atoms with Crippen molar-refractivity contribution < 1.29 is 102 Å². The van der Waals surface area contributed by atoms with Crippen LogP contribution in [0.4, 0.5) is 83.4 Å². The van der Waals surface area contributed by atoms with Gasteiger partial charge in [0.15, 0.2) is 23.3 Å². The smallest absolute Gasteiger partial charge is 0.460 e. The van der Waals surface area contributed by atoms with Crippen LogP contribution in [0.15, 0.2) is 4.90 Å². The van der Waals surface area contributed by atoms with Crippen molar-refractivity contribution in [1.29, 1.82) is 0 Å². The fourth-order valence-corrected chi connectivity index (χ4v) is 2.74. The predicted molar refractivity (Wildman–Crippen MR) is 80.9 cm³/mol. The zero-order chi connectivity index (χ0) is 31.4. The van der Waals surface area contributed by atoms with Crippen LogP contribution in [0.1, 0.15) is 0 Å². The number of thioether (sulfide) groups is 1. The number of methoxy groups -OCH3 is 1.